The van der Waals surface area contributed by atoms with Gasteiger partial charge in [-0.05, 0) is 30.0 Å². The Morgan fingerprint density at radius 3 is 1.67 bits per heavy atom. The average molecular weight is 438 g/mol. The zero-order chi connectivity index (χ0) is 23.4. The lowest BCUT2D eigenvalue weighted by molar-refractivity contribution is 0.0715. The monoisotopic (exact) mass is 437 g/mol. The van der Waals surface area contributed by atoms with E-state index < -0.39 is 0 Å². The van der Waals surface area contributed by atoms with Crippen LogP contribution in [0.2, 0.25) is 0 Å². The summed E-state index contributed by atoms with van der Waals surface area (Å²) >= 11 is 0. The van der Waals surface area contributed by atoms with Crippen molar-refractivity contribution in [1.29, 1.82) is 0 Å². The topological polar surface area (TPSA) is 46.1 Å². The number of benzene rings is 3. The first-order chi connectivity index (χ1) is 15.9. The second-order valence-electron chi connectivity index (χ2n) is 9.35. The first-order valence-corrected chi connectivity index (χ1v) is 11.6. The molecule has 4 nitrogen and oxygen atoms in total. The highest BCUT2D eigenvalue weighted by atomic mass is 16.2. The number of fused-ring (bicyclic) bond motifs is 1. The van der Waals surface area contributed by atoms with Crippen molar-refractivity contribution >= 4 is 16.9 Å². The minimum atomic E-state index is 0.0505. The van der Waals surface area contributed by atoms with Gasteiger partial charge in [0.15, 0.2) is 0 Å². The molecule has 0 bridgehead atoms. The van der Waals surface area contributed by atoms with Gasteiger partial charge in [-0.2, -0.15) is 0 Å². The standard InChI is InChI=1S/C29H31N3O/c1-20(2)18-32(19-21(3)4)29(33)24-15-16-25-26(17-24)31-28(23-13-9-6-10-14-23)27(30-25)22-11-7-5-8-12-22/h5-17,20-21H,18-19H2,1-4H3. The van der Waals surface area contributed by atoms with Gasteiger partial charge in [-0.1, -0.05) is 88.4 Å². The Kier molecular flexibility index (Phi) is 6.83. The lowest BCUT2D eigenvalue weighted by atomic mass is 10.0. The molecular weight excluding hydrogens is 406 g/mol. The lowest BCUT2D eigenvalue weighted by Gasteiger charge is -2.26. The molecule has 1 heterocycles. The van der Waals surface area contributed by atoms with Crippen LogP contribution >= 0.6 is 0 Å². The van der Waals surface area contributed by atoms with Gasteiger partial charge < -0.3 is 4.90 Å². The van der Waals surface area contributed by atoms with Gasteiger partial charge in [0, 0.05) is 29.8 Å². The first kappa shape index (κ1) is 22.7. The fourth-order valence-corrected chi connectivity index (χ4v) is 4.09. The van der Waals surface area contributed by atoms with Crippen molar-refractivity contribution in [3.8, 4) is 22.5 Å². The number of nitrogens with zero attached hydrogens (tertiary/aromatic N) is 3. The molecular formula is C29H31N3O. The van der Waals surface area contributed by atoms with Crippen LogP contribution in [-0.4, -0.2) is 33.9 Å². The van der Waals surface area contributed by atoms with E-state index in [1.54, 1.807) is 0 Å². The van der Waals surface area contributed by atoms with Crippen LogP contribution in [0, 0.1) is 11.8 Å². The number of rotatable bonds is 7. The van der Waals surface area contributed by atoms with Crippen LogP contribution in [0.3, 0.4) is 0 Å². The van der Waals surface area contributed by atoms with Crippen molar-refractivity contribution in [3.05, 3.63) is 84.4 Å². The third-order valence-electron chi connectivity index (χ3n) is 5.46. The molecule has 4 heteroatoms. The van der Waals surface area contributed by atoms with Crippen molar-refractivity contribution in [3.63, 3.8) is 0 Å². The van der Waals surface area contributed by atoms with Crippen LogP contribution in [0.5, 0.6) is 0 Å². The van der Waals surface area contributed by atoms with Crippen LogP contribution in [0.25, 0.3) is 33.5 Å². The third-order valence-corrected chi connectivity index (χ3v) is 5.46. The van der Waals surface area contributed by atoms with Crippen LogP contribution in [0.1, 0.15) is 38.1 Å². The summed E-state index contributed by atoms with van der Waals surface area (Å²) < 4.78 is 0. The molecule has 1 amide bonds. The quantitative estimate of drug-likeness (QED) is 0.322. The molecule has 0 aliphatic rings. The smallest absolute Gasteiger partial charge is 0.253 e. The molecule has 0 unspecified atom stereocenters. The van der Waals surface area contributed by atoms with Gasteiger partial charge >= 0.3 is 0 Å². The summed E-state index contributed by atoms with van der Waals surface area (Å²) in [5, 5.41) is 0. The van der Waals surface area contributed by atoms with Crippen molar-refractivity contribution in [2.75, 3.05) is 13.1 Å². The summed E-state index contributed by atoms with van der Waals surface area (Å²) in [6.07, 6.45) is 0. The van der Waals surface area contributed by atoms with Crippen molar-refractivity contribution in [2.45, 2.75) is 27.7 Å². The molecule has 0 spiro atoms. The van der Waals surface area contributed by atoms with E-state index in [1.807, 2.05) is 71.6 Å². The highest BCUT2D eigenvalue weighted by Gasteiger charge is 2.20. The molecule has 3 aromatic carbocycles. The van der Waals surface area contributed by atoms with Gasteiger partial charge in [0.25, 0.3) is 5.91 Å². The van der Waals surface area contributed by atoms with Gasteiger partial charge in [-0.3, -0.25) is 4.79 Å². The molecule has 0 saturated heterocycles. The molecule has 168 valence electrons. The van der Waals surface area contributed by atoms with Crippen LogP contribution < -0.4 is 0 Å². The van der Waals surface area contributed by atoms with Gasteiger partial charge in [0.2, 0.25) is 0 Å². The van der Waals surface area contributed by atoms with Crippen molar-refractivity contribution in [1.82, 2.24) is 14.9 Å². The van der Waals surface area contributed by atoms with Gasteiger partial charge in [0.05, 0.1) is 22.4 Å². The van der Waals surface area contributed by atoms with E-state index in [0.29, 0.717) is 17.4 Å². The fraction of sp³-hybridized carbons (Fsp3) is 0.276. The van der Waals surface area contributed by atoms with Crippen LogP contribution in [-0.2, 0) is 0 Å². The molecule has 1 aromatic heterocycles. The Bertz CT molecular complexity index is 1220. The van der Waals surface area contributed by atoms with Crippen molar-refractivity contribution in [2.24, 2.45) is 11.8 Å². The lowest BCUT2D eigenvalue weighted by Crippen LogP contribution is -2.37. The van der Waals surface area contributed by atoms with E-state index in [4.69, 9.17) is 9.97 Å². The van der Waals surface area contributed by atoms with E-state index >= 15 is 0 Å². The van der Waals surface area contributed by atoms with E-state index in [2.05, 4.69) is 39.8 Å². The molecule has 0 radical (unpaired) electrons. The molecule has 33 heavy (non-hydrogen) atoms. The molecule has 4 rings (SSSR count). The molecule has 4 aromatic rings. The third kappa shape index (κ3) is 5.28. The largest absolute Gasteiger partial charge is 0.338 e. The maximum Gasteiger partial charge on any atom is 0.253 e. The molecule has 0 aliphatic carbocycles. The minimum Gasteiger partial charge on any atom is -0.338 e. The first-order valence-electron chi connectivity index (χ1n) is 11.6. The van der Waals surface area contributed by atoms with E-state index in [9.17, 15) is 4.79 Å². The molecule has 0 fully saturated rings. The number of hydrogen-bond donors (Lipinski definition) is 0. The number of hydrogen-bond acceptors (Lipinski definition) is 3. The predicted octanol–water partition coefficient (Wildman–Crippen LogP) is 6.72. The number of carbonyl (C=O) groups excluding carboxylic acids is 1. The Labute approximate surface area is 196 Å². The maximum atomic E-state index is 13.4. The summed E-state index contributed by atoms with van der Waals surface area (Å²) in [5.74, 6) is 0.867. The number of aromatic nitrogens is 2. The second-order valence-corrected chi connectivity index (χ2v) is 9.35. The summed E-state index contributed by atoms with van der Waals surface area (Å²) in [4.78, 5) is 25.3. The van der Waals surface area contributed by atoms with E-state index in [-0.39, 0.29) is 5.91 Å². The number of amides is 1. The fourth-order valence-electron chi connectivity index (χ4n) is 4.09. The molecule has 0 atom stereocenters. The minimum absolute atomic E-state index is 0.0505. The zero-order valence-electron chi connectivity index (χ0n) is 19.8. The summed E-state index contributed by atoms with van der Waals surface area (Å²) in [6.45, 7) is 10.0. The molecule has 0 aliphatic heterocycles. The predicted molar refractivity (Wildman–Crippen MR) is 136 cm³/mol. The summed E-state index contributed by atoms with van der Waals surface area (Å²) in [6, 6.07) is 25.9. The SMILES string of the molecule is CC(C)CN(CC(C)C)C(=O)c1ccc2nc(-c3ccccc3)c(-c3ccccc3)nc2c1. The van der Waals surface area contributed by atoms with E-state index in [1.165, 1.54) is 0 Å². The maximum absolute atomic E-state index is 13.4. The highest BCUT2D eigenvalue weighted by molar-refractivity contribution is 5.98. The Morgan fingerprint density at radius 2 is 1.18 bits per heavy atom. The Hall–Kier alpha value is -3.53. The van der Waals surface area contributed by atoms with E-state index in [0.717, 1.165) is 46.6 Å². The van der Waals surface area contributed by atoms with Crippen LogP contribution in [0.15, 0.2) is 78.9 Å². The average Bonchev–Trinajstić information content (AvgIpc) is 2.82. The van der Waals surface area contributed by atoms with Gasteiger partial charge in [-0.15, -0.1) is 0 Å². The summed E-state index contributed by atoms with van der Waals surface area (Å²) in [5.41, 5.74) is 5.85. The zero-order valence-corrected chi connectivity index (χ0v) is 19.8. The number of carbonyl (C=O) groups is 1. The Morgan fingerprint density at radius 1 is 0.697 bits per heavy atom. The van der Waals surface area contributed by atoms with Crippen molar-refractivity contribution < 1.29 is 4.79 Å². The molecule has 0 N–H and O–H groups in total. The summed E-state index contributed by atoms with van der Waals surface area (Å²) in [7, 11) is 0. The van der Waals surface area contributed by atoms with Gasteiger partial charge in [-0.25, -0.2) is 9.97 Å². The second kappa shape index (κ2) is 9.95. The normalized spacial score (nSPS) is 11.3. The molecule has 0 saturated carbocycles. The highest BCUT2D eigenvalue weighted by Crippen LogP contribution is 2.31. The van der Waals surface area contributed by atoms with Gasteiger partial charge in [0.1, 0.15) is 0 Å². The Balaban J connectivity index is 1.82. The van der Waals surface area contributed by atoms with Crippen LogP contribution in [0.4, 0.5) is 0 Å².